The SMILES string of the molecule is COCC1(C(N)=O)CCCN1Cc1ncc(Cl)cc1Cl. The van der Waals surface area contributed by atoms with Crippen molar-refractivity contribution >= 4 is 29.1 Å². The van der Waals surface area contributed by atoms with E-state index >= 15 is 0 Å². The van der Waals surface area contributed by atoms with Gasteiger partial charge in [-0.25, -0.2) is 0 Å². The van der Waals surface area contributed by atoms with Crippen LogP contribution in [0, 0.1) is 0 Å². The molecule has 0 aliphatic carbocycles. The number of pyridine rings is 1. The first-order valence-corrected chi connectivity index (χ1v) is 7.09. The van der Waals surface area contributed by atoms with Gasteiger partial charge < -0.3 is 10.5 Å². The van der Waals surface area contributed by atoms with Crippen LogP contribution in [0.2, 0.25) is 10.0 Å². The highest BCUT2D eigenvalue weighted by Crippen LogP contribution is 2.32. The van der Waals surface area contributed by atoms with Gasteiger partial charge in [-0.15, -0.1) is 0 Å². The third kappa shape index (κ3) is 2.91. The molecule has 2 heterocycles. The monoisotopic (exact) mass is 317 g/mol. The van der Waals surface area contributed by atoms with E-state index in [0.717, 1.165) is 13.0 Å². The quantitative estimate of drug-likeness (QED) is 0.900. The number of carbonyl (C=O) groups excluding carboxylic acids is 1. The maximum absolute atomic E-state index is 11.9. The van der Waals surface area contributed by atoms with Crippen LogP contribution in [0.4, 0.5) is 0 Å². The number of likely N-dealkylation sites (tertiary alicyclic amines) is 1. The smallest absolute Gasteiger partial charge is 0.240 e. The molecule has 1 amide bonds. The minimum atomic E-state index is -0.778. The summed E-state index contributed by atoms with van der Waals surface area (Å²) in [6.45, 7) is 1.47. The fraction of sp³-hybridized carbons (Fsp3) is 0.538. The number of nitrogens with zero attached hydrogens (tertiary/aromatic N) is 2. The minimum Gasteiger partial charge on any atom is -0.382 e. The number of ether oxygens (including phenoxy) is 1. The highest BCUT2D eigenvalue weighted by atomic mass is 35.5. The van der Waals surface area contributed by atoms with Gasteiger partial charge in [0.2, 0.25) is 5.91 Å². The van der Waals surface area contributed by atoms with Gasteiger partial charge in [-0.05, 0) is 25.5 Å². The lowest BCUT2D eigenvalue weighted by atomic mass is 9.96. The Bertz CT molecular complexity index is 512. The van der Waals surface area contributed by atoms with Crippen LogP contribution < -0.4 is 5.73 Å². The van der Waals surface area contributed by atoms with Crippen LogP contribution in [0.25, 0.3) is 0 Å². The Morgan fingerprint density at radius 2 is 2.35 bits per heavy atom. The summed E-state index contributed by atoms with van der Waals surface area (Å²) in [5.41, 5.74) is 5.49. The third-order valence-corrected chi connectivity index (χ3v) is 4.22. The highest BCUT2D eigenvalue weighted by Gasteiger charge is 2.46. The molecule has 2 rings (SSSR count). The molecule has 1 saturated heterocycles. The molecule has 0 aromatic carbocycles. The summed E-state index contributed by atoms with van der Waals surface area (Å²) >= 11 is 12.0. The van der Waals surface area contributed by atoms with Crippen LogP contribution in [-0.4, -0.2) is 41.6 Å². The first-order chi connectivity index (χ1) is 9.49. The largest absolute Gasteiger partial charge is 0.382 e. The maximum atomic E-state index is 11.9. The first kappa shape index (κ1) is 15.5. The van der Waals surface area contributed by atoms with Gasteiger partial charge in [-0.1, -0.05) is 23.2 Å². The predicted octanol–water partition coefficient (Wildman–Crippen LogP) is 1.85. The Morgan fingerprint density at radius 1 is 1.60 bits per heavy atom. The van der Waals surface area contributed by atoms with Gasteiger partial charge in [0.15, 0.2) is 0 Å². The van der Waals surface area contributed by atoms with Gasteiger partial charge in [0.1, 0.15) is 5.54 Å². The van der Waals surface area contributed by atoms with Gasteiger partial charge in [0, 0.05) is 19.9 Å². The topological polar surface area (TPSA) is 68.5 Å². The van der Waals surface area contributed by atoms with Crippen molar-refractivity contribution in [3.8, 4) is 0 Å². The van der Waals surface area contributed by atoms with Crippen LogP contribution in [0.15, 0.2) is 12.3 Å². The van der Waals surface area contributed by atoms with Crippen molar-refractivity contribution in [2.45, 2.75) is 24.9 Å². The second-order valence-electron chi connectivity index (χ2n) is 4.94. The van der Waals surface area contributed by atoms with E-state index in [1.54, 1.807) is 19.4 Å². The molecular weight excluding hydrogens is 301 g/mol. The Hall–Kier alpha value is -0.880. The molecule has 1 atom stereocenters. The number of halogens is 2. The fourth-order valence-electron chi connectivity index (χ4n) is 2.66. The lowest BCUT2D eigenvalue weighted by Gasteiger charge is -2.35. The van der Waals surface area contributed by atoms with Crippen LogP contribution >= 0.6 is 23.2 Å². The molecule has 0 saturated carbocycles. The van der Waals surface area contributed by atoms with E-state index in [2.05, 4.69) is 4.98 Å². The number of rotatable bonds is 5. The summed E-state index contributed by atoms with van der Waals surface area (Å²) < 4.78 is 5.19. The Kier molecular flexibility index (Phi) is 4.86. The molecule has 1 fully saturated rings. The zero-order valence-electron chi connectivity index (χ0n) is 11.2. The lowest BCUT2D eigenvalue weighted by Crippen LogP contribution is -2.56. The molecular formula is C13H17Cl2N3O2. The minimum absolute atomic E-state index is 0.271. The molecule has 110 valence electrons. The summed E-state index contributed by atoms with van der Waals surface area (Å²) in [6.07, 6.45) is 3.11. The normalized spacial score (nSPS) is 23.1. The highest BCUT2D eigenvalue weighted by molar-refractivity contribution is 6.34. The number of primary amides is 1. The van der Waals surface area contributed by atoms with E-state index in [9.17, 15) is 4.79 Å². The second-order valence-corrected chi connectivity index (χ2v) is 5.78. The van der Waals surface area contributed by atoms with Crippen LogP contribution in [-0.2, 0) is 16.1 Å². The number of methoxy groups -OCH3 is 1. The molecule has 20 heavy (non-hydrogen) atoms. The number of hydrogen-bond donors (Lipinski definition) is 1. The predicted molar refractivity (Wildman–Crippen MR) is 77.7 cm³/mol. The van der Waals surface area contributed by atoms with Crippen molar-refractivity contribution < 1.29 is 9.53 Å². The molecule has 1 aromatic rings. The molecule has 0 bridgehead atoms. The average molecular weight is 318 g/mol. The van der Waals surface area contributed by atoms with Gasteiger partial charge in [0.05, 0.1) is 22.3 Å². The Labute approximate surface area is 128 Å². The summed E-state index contributed by atoms with van der Waals surface area (Å²) in [4.78, 5) is 18.1. The van der Waals surface area contributed by atoms with Crippen LogP contribution in [0.3, 0.4) is 0 Å². The molecule has 1 unspecified atom stereocenters. The van der Waals surface area contributed by atoms with Gasteiger partial charge in [-0.2, -0.15) is 0 Å². The van der Waals surface area contributed by atoms with Crippen molar-refractivity contribution in [3.63, 3.8) is 0 Å². The van der Waals surface area contributed by atoms with Crippen molar-refractivity contribution in [1.29, 1.82) is 0 Å². The molecule has 1 aliphatic heterocycles. The lowest BCUT2D eigenvalue weighted by molar-refractivity contribution is -0.132. The number of carbonyl (C=O) groups is 1. The molecule has 1 aliphatic rings. The summed E-state index contributed by atoms with van der Waals surface area (Å²) in [5, 5.41) is 0.971. The third-order valence-electron chi connectivity index (χ3n) is 3.69. The molecule has 0 radical (unpaired) electrons. The van der Waals surface area contributed by atoms with Gasteiger partial charge >= 0.3 is 0 Å². The van der Waals surface area contributed by atoms with Crippen molar-refractivity contribution in [2.75, 3.05) is 20.3 Å². The van der Waals surface area contributed by atoms with E-state index in [4.69, 9.17) is 33.7 Å². The Morgan fingerprint density at radius 3 is 2.95 bits per heavy atom. The molecule has 5 nitrogen and oxygen atoms in total. The van der Waals surface area contributed by atoms with E-state index < -0.39 is 5.54 Å². The van der Waals surface area contributed by atoms with Crippen molar-refractivity contribution in [1.82, 2.24) is 9.88 Å². The Balaban J connectivity index is 2.24. The average Bonchev–Trinajstić information content (AvgIpc) is 2.77. The van der Waals surface area contributed by atoms with E-state index in [1.165, 1.54) is 0 Å². The van der Waals surface area contributed by atoms with E-state index in [1.807, 2.05) is 4.90 Å². The first-order valence-electron chi connectivity index (χ1n) is 6.33. The van der Waals surface area contributed by atoms with Gasteiger partial charge in [-0.3, -0.25) is 14.7 Å². The van der Waals surface area contributed by atoms with Crippen LogP contribution in [0.1, 0.15) is 18.5 Å². The van der Waals surface area contributed by atoms with Crippen molar-refractivity contribution in [2.24, 2.45) is 5.73 Å². The number of nitrogens with two attached hydrogens (primary N) is 1. The molecule has 1 aromatic heterocycles. The van der Waals surface area contributed by atoms with E-state index in [-0.39, 0.29) is 12.5 Å². The van der Waals surface area contributed by atoms with Gasteiger partial charge in [0.25, 0.3) is 0 Å². The zero-order valence-corrected chi connectivity index (χ0v) is 12.7. The summed E-state index contributed by atoms with van der Waals surface area (Å²) in [5.74, 6) is -0.373. The zero-order chi connectivity index (χ0) is 14.8. The number of hydrogen-bond acceptors (Lipinski definition) is 4. The second kappa shape index (κ2) is 6.26. The summed E-state index contributed by atoms with van der Waals surface area (Å²) in [6, 6.07) is 1.64. The standard InChI is InChI=1S/C13H17Cl2N3O2/c1-20-8-13(12(16)19)3-2-4-18(13)7-11-10(15)5-9(14)6-17-11/h5-6H,2-4,7-8H2,1H3,(H2,16,19). The summed E-state index contributed by atoms with van der Waals surface area (Å²) in [7, 11) is 1.56. The number of amides is 1. The number of aromatic nitrogens is 1. The molecule has 0 spiro atoms. The maximum Gasteiger partial charge on any atom is 0.240 e. The van der Waals surface area contributed by atoms with E-state index in [0.29, 0.717) is 28.7 Å². The fourth-order valence-corrected chi connectivity index (χ4v) is 3.10. The molecule has 7 heteroatoms. The molecule has 2 N–H and O–H groups in total. The van der Waals surface area contributed by atoms with Crippen molar-refractivity contribution in [3.05, 3.63) is 28.0 Å². The van der Waals surface area contributed by atoms with Crippen LogP contribution in [0.5, 0.6) is 0 Å².